The second-order valence-electron chi connectivity index (χ2n) is 13.2. The van der Waals surface area contributed by atoms with Gasteiger partial charge in [-0.05, 0) is 72.6 Å². The molecule has 0 saturated heterocycles. The molecule has 44 heavy (non-hydrogen) atoms. The molecular weight excluding hydrogens is 540 g/mol. The van der Waals surface area contributed by atoms with Crippen LogP contribution >= 0.6 is 0 Å². The molecule has 8 rings (SSSR count). The fraction of sp³-hybridized carbons (Fsp3) is 0.275. The largest absolute Gasteiger partial charge is 0.488 e. The molecule has 6 aromatic rings. The summed E-state index contributed by atoms with van der Waals surface area (Å²) in [4.78, 5) is 0. The number of furan rings is 1. The molecule has 4 nitrogen and oxygen atoms in total. The van der Waals surface area contributed by atoms with Crippen LogP contribution in [0.2, 0.25) is 0 Å². The monoisotopic (exact) mass is 576 g/mol. The molecule has 0 saturated carbocycles. The molecule has 0 spiro atoms. The van der Waals surface area contributed by atoms with Crippen LogP contribution in [0.15, 0.2) is 89.4 Å². The Morgan fingerprint density at radius 1 is 0.818 bits per heavy atom. The van der Waals surface area contributed by atoms with Gasteiger partial charge in [0, 0.05) is 50.7 Å². The Labute approximate surface area is 257 Å². The fourth-order valence-electron chi connectivity index (χ4n) is 8.08. The van der Waals surface area contributed by atoms with Crippen LogP contribution in [0.5, 0.6) is 5.75 Å². The third-order valence-electron chi connectivity index (χ3n) is 9.92. The summed E-state index contributed by atoms with van der Waals surface area (Å²) in [6.45, 7) is 10.4. The molecule has 0 amide bonds. The van der Waals surface area contributed by atoms with Crippen LogP contribution in [0.1, 0.15) is 56.7 Å². The first-order valence-electron chi connectivity index (χ1n) is 15.8. The van der Waals surface area contributed by atoms with Crippen molar-refractivity contribution in [2.75, 3.05) is 6.61 Å². The summed E-state index contributed by atoms with van der Waals surface area (Å²) < 4.78 is 15.0. The maximum atomic E-state index is 9.60. The summed E-state index contributed by atoms with van der Waals surface area (Å²) in [6, 6.07) is 28.5. The third kappa shape index (κ3) is 4.03. The van der Waals surface area contributed by atoms with Crippen LogP contribution in [-0.4, -0.2) is 11.2 Å². The minimum atomic E-state index is 0.0343. The van der Waals surface area contributed by atoms with Crippen LogP contribution < -0.4 is 4.74 Å². The number of nitrogens with zero attached hydrogens (tertiary/aromatic N) is 2. The van der Waals surface area contributed by atoms with Crippen molar-refractivity contribution in [2.45, 2.75) is 46.6 Å². The first-order valence-corrected chi connectivity index (χ1v) is 15.8. The summed E-state index contributed by atoms with van der Waals surface area (Å²) >= 11 is 0. The number of hydrogen-bond donors (Lipinski definition) is 0. The lowest BCUT2D eigenvalue weighted by Crippen LogP contribution is -2.18. The highest BCUT2D eigenvalue weighted by Crippen LogP contribution is 2.47. The number of nitriles is 1. The second kappa shape index (κ2) is 10.2. The van der Waals surface area contributed by atoms with Gasteiger partial charge in [0.1, 0.15) is 17.9 Å². The number of para-hydroxylation sites is 2. The van der Waals surface area contributed by atoms with Crippen molar-refractivity contribution in [3.05, 3.63) is 102 Å². The minimum Gasteiger partial charge on any atom is -0.488 e. The molecule has 3 unspecified atom stereocenters. The Hall–Kier alpha value is -4.75. The minimum absolute atomic E-state index is 0.0343. The molecule has 2 aromatic heterocycles. The highest BCUT2D eigenvalue weighted by molar-refractivity contribution is 6.23. The Bertz CT molecular complexity index is 2220. The predicted octanol–water partition coefficient (Wildman–Crippen LogP) is 10.5. The van der Waals surface area contributed by atoms with Gasteiger partial charge in [0.15, 0.2) is 5.58 Å². The fourth-order valence-corrected chi connectivity index (χ4v) is 8.08. The number of fused-ring (bicyclic) bond motifs is 8. The average molecular weight is 577 g/mol. The molecule has 2 aliphatic rings. The van der Waals surface area contributed by atoms with Gasteiger partial charge in [-0.15, -0.1) is 0 Å². The normalized spacial score (nSPS) is 18.1. The number of ether oxygens (including phenoxy) is 1. The van der Waals surface area contributed by atoms with E-state index in [9.17, 15) is 5.26 Å². The summed E-state index contributed by atoms with van der Waals surface area (Å²) in [7, 11) is 0. The van der Waals surface area contributed by atoms with Crippen molar-refractivity contribution in [2.24, 2.45) is 17.8 Å². The van der Waals surface area contributed by atoms with Crippen LogP contribution in [0.25, 0.3) is 54.9 Å². The van der Waals surface area contributed by atoms with E-state index >= 15 is 0 Å². The molecular formula is C40H36N2O2. The molecule has 0 N–H and O–H groups in total. The Morgan fingerprint density at radius 3 is 2.43 bits per heavy atom. The second-order valence-corrected chi connectivity index (χ2v) is 13.2. The predicted molar refractivity (Wildman–Crippen MR) is 181 cm³/mol. The zero-order valence-electron chi connectivity index (χ0n) is 25.7. The van der Waals surface area contributed by atoms with Gasteiger partial charge in [0.2, 0.25) is 0 Å². The van der Waals surface area contributed by atoms with Crippen LogP contribution in [0, 0.1) is 29.1 Å². The lowest BCUT2D eigenvalue weighted by Gasteiger charge is -2.29. The number of hydrogen-bond acceptors (Lipinski definition) is 3. The molecule has 0 radical (unpaired) electrons. The molecule has 0 aliphatic carbocycles. The molecule has 4 heteroatoms. The molecule has 0 bridgehead atoms. The van der Waals surface area contributed by atoms with Crippen molar-refractivity contribution in [1.29, 1.82) is 5.26 Å². The first kappa shape index (κ1) is 26.8. The van der Waals surface area contributed by atoms with Crippen LogP contribution in [0.3, 0.4) is 0 Å². The number of benzene rings is 4. The summed E-state index contributed by atoms with van der Waals surface area (Å²) in [5.74, 6) is 2.16. The molecule has 4 aromatic carbocycles. The van der Waals surface area contributed by atoms with Crippen molar-refractivity contribution in [3.63, 3.8) is 0 Å². The number of aromatic nitrogens is 1. The van der Waals surface area contributed by atoms with E-state index in [4.69, 9.17) is 9.15 Å². The number of allylic oxidation sites excluding steroid dienone is 3. The quantitative estimate of drug-likeness (QED) is 0.198. The summed E-state index contributed by atoms with van der Waals surface area (Å²) in [6.07, 6.45) is 5.45. The van der Waals surface area contributed by atoms with Crippen LogP contribution in [0.4, 0.5) is 0 Å². The highest BCUT2D eigenvalue weighted by Gasteiger charge is 2.30. The van der Waals surface area contributed by atoms with Crippen molar-refractivity contribution < 1.29 is 9.15 Å². The van der Waals surface area contributed by atoms with Gasteiger partial charge in [-0.3, -0.25) is 0 Å². The van der Waals surface area contributed by atoms with Gasteiger partial charge in [-0.2, -0.15) is 5.26 Å². The summed E-state index contributed by atoms with van der Waals surface area (Å²) in [5.41, 5.74) is 10.7. The van der Waals surface area contributed by atoms with Crippen molar-refractivity contribution >= 4 is 54.9 Å². The standard InChI is InChI=1S/C40H36N2O2/c1-23(2)37(25(4)17-24(3)20-41)28-18-33-26(13-14-27-22-43-35-11-7-5-9-29(27)35)21-42-38(33)34(19-28)31-15-16-32-30-10-6-8-12-36(30)44-40(32)39(31)42/h5-16,18-19,23-25,37H,17,21-22H2,1-4H3/b26-13+,27-14+. The summed E-state index contributed by atoms with van der Waals surface area (Å²) in [5, 5.41) is 14.4. The van der Waals surface area contributed by atoms with Gasteiger partial charge in [0.25, 0.3) is 0 Å². The smallest absolute Gasteiger partial charge is 0.159 e. The third-order valence-corrected chi connectivity index (χ3v) is 9.92. The van der Waals surface area contributed by atoms with Gasteiger partial charge in [0.05, 0.1) is 17.1 Å². The average Bonchev–Trinajstić information content (AvgIpc) is 3.78. The highest BCUT2D eigenvalue weighted by atomic mass is 16.5. The van der Waals surface area contributed by atoms with Crippen molar-refractivity contribution in [3.8, 4) is 11.8 Å². The van der Waals surface area contributed by atoms with Crippen molar-refractivity contribution in [1.82, 2.24) is 4.57 Å². The zero-order chi connectivity index (χ0) is 30.1. The molecule has 2 aliphatic heterocycles. The van der Waals surface area contributed by atoms with E-state index in [0.29, 0.717) is 24.4 Å². The van der Waals surface area contributed by atoms with E-state index in [0.717, 1.165) is 40.7 Å². The van der Waals surface area contributed by atoms with Gasteiger partial charge < -0.3 is 13.7 Å². The van der Waals surface area contributed by atoms with Gasteiger partial charge >= 0.3 is 0 Å². The van der Waals surface area contributed by atoms with E-state index in [-0.39, 0.29) is 5.92 Å². The van der Waals surface area contributed by atoms with E-state index in [1.54, 1.807) is 0 Å². The zero-order valence-corrected chi connectivity index (χ0v) is 25.7. The van der Waals surface area contributed by atoms with E-state index in [2.05, 4.69) is 98.2 Å². The number of rotatable bonds is 6. The van der Waals surface area contributed by atoms with E-state index < -0.39 is 0 Å². The Balaban J connectivity index is 1.37. The first-order chi connectivity index (χ1) is 21.4. The topological polar surface area (TPSA) is 51.1 Å². The lowest BCUT2D eigenvalue weighted by molar-refractivity contribution is 0.326. The van der Waals surface area contributed by atoms with Gasteiger partial charge in [-0.25, -0.2) is 0 Å². The Kier molecular flexibility index (Phi) is 6.20. The van der Waals surface area contributed by atoms with E-state index in [1.165, 1.54) is 49.6 Å². The maximum absolute atomic E-state index is 9.60. The molecule has 4 heterocycles. The van der Waals surface area contributed by atoms with E-state index in [1.807, 2.05) is 25.1 Å². The SMILES string of the molecule is CC(C#N)CC(C)C(c1cc2c3c(c1)c1ccc4c5ccccc5oc4c1n3C/C2=C\C=C1/COc2ccccc21)C(C)C. The molecule has 0 fully saturated rings. The van der Waals surface area contributed by atoms with Crippen LogP contribution in [-0.2, 0) is 6.54 Å². The maximum Gasteiger partial charge on any atom is 0.159 e. The lowest BCUT2D eigenvalue weighted by atomic mass is 9.75. The molecule has 218 valence electrons. The Morgan fingerprint density at radius 2 is 1.59 bits per heavy atom. The molecule has 3 atom stereocenters. The van der Waals surface area contributed by atoms with Gasteiger partial charge in [-0.1, -0.05) is 75.4 Å².